The van der Waals surface area contributed by atoms with Crippen LogP contribution in [0.3, 0.4) is 0 Å². The fourth-order valence-electron chi connectivity index (χ4n) is 9.35. The Hall–Kier alpha value is -0.930. The number of hydrazine groups is 1. The van der Waals surface area contributed by atoms with Crippen LogP contribution in [0.5, 0.6) is 0 Å². The van der Waals surface area contributed by atoms with E-state index in [0.717, 1.165) is 51.4 Å². The van der Waals surface area contributed by atoms with Crippen molar-refractivity contribution in [2.24, 2.45) is 57.2 Å². The zero-order valence-electron chi connectivity index (χ0n) is 22.4. The lowest BCUT2D eigenvalue weighted by molar-refractivity contribution is -0.217. The average Bonchev–Trinajstić information content (AvgIpc) is 3.33. The maximum absolute atomic E-state index is 14.5. The molecule has 0 bridgehead atoms. The molecule has 1 aliphatic heterocycles. The van der Waals surface area contributed by atoms with Crippen LogP contribution in [-0.4, -0.2) is 60.0 Å². The van der Waals surface area contributed by atoms with Crippen LogP contribution in [0.4, 0.5) is 13.2 Å². The number of ether oxygens (including phenoxy) is 1. The van der Waals surface area contributed by atoms with Gasteiger partial charge in [-0.25, -0.2) is 5.12 Å². The third kappa shape index (κ3) is 4.59. The Balaban J connectivity index is 1.31. The molecule has 4 aliphatic carbocycles. The van der Waals surface area contributed by atoms with Crippen molar-refractivity contribution < 1.29 is 23.0 Å². The number of hydrogen-bond donors (Lipinski definition) is 1. The van der Waals surface area contributed by atoms with E-state index in [1.165, 1.54) is 5.12 Å². The van der Waals surface area contributed by atoms with Crippen molar-refractivity contribution >= 4 is 0 Å². The lowest BCUT2D eigenvalue weighted by atomic mass is 9.48. The summed E-state index contributed by atoms with van der Waals surface area (Å²) in [6, 6.07) is 0. The Morgan fingerprint density at radius 3 is 2.47 bits per heavy atom. The van der Waals surface area contributed by atoms with E-state index >= 15 is 0 Å². The second kappa shape index (κ2) is 9.67. The third-order valence-electron chi connectivity index (χ3n) is 11.2. The molecular weight excluding hydrogens is 469 g/mol. The van der Waals surface area contributed by atoms with Gasteiger partial charge < -0.3 is 9.84 Å². The molecule has 0 aromatic heterocycles. The lowest BCUT2D eigenvalue weighted by Gasteiger charge is -2.57. The minimum absolute atomic E-state index is 0.141. The summed E-state index contributed by atoms with van der Waals surface area (Å²) in [5.41, 5.74) is -0.983. The fraction of sp³-hybridized carbons (Fsp3) is 1.00. The van der Waals surface area contributed by atoms with Gasteiger partial charge in [-0.1, -0.05) is 12.1 Å². The number of nitrogens with zero attached hydrogens (tertiary/aromatic N) is 4. The molecule has 36 heavy (non-hydrogen) atoms. The number of halogens is 3. The molecule has 0 spiro atoms. The Bertz CT molecular complexity index is 827. The summed E-state index contributed by atoms with van der Waals surface area (Å²) in [4.78, 5) is 0. The molecule has 5 aliphatic rings. The second-order valence-electron chi connectivity index (χ2n) is 12.9. The zero-order chi connectivity index (χ0) is 25.9. The van der Waals surface area contributed by atoms with Gasteiger partial charge in [0.25, 0.3) is 0 Å². The molecule has 1 unspecified atom stereocenters. The van der Waals surface area contributed by atoms with E-state index in [9.17, 15) is 18.3 Å². The van der Waals surface area contributed by atoms with E-state index in [-0.39, 0.29) is 24.0 Å². The van der Waals surface area contributed by atoms with Gasteiger partial charge in [-0.05, 0) is 113 Å². The predicted octanol–water partition coefficient (Wildman–Crippen LogP) is 6.08. The van der Waals surface area contributed by atoms with Crippen LogP contribution in [0.1, 0.15) is 78.6 Å². The minimum Gasteiger partial charge on any atom is -0.387 e. The van der Waals surface area contributed by atoms with Crippen molar-refractivity contribution in [2.75, 3.05) is 26.8 Å². The van der Waals surface area contributed by atoms with Gasteiger partial charge in [0, 0.05) is 13.7 Å². The Labute approximate surface area is 214 Å². The normalized spacial score (nSPS) is 45.9. The summed E-state index contributed by atoms with van der Waals surface area (Å²) >= 11 is 0. The first-order valence-electron chi connectivity index (χ1n) is 14.2. The van der Waals surface area contributed by atoms with Crippen LogP contribution in [-0.2, 0) is 4.74 Å². The molecule has 4 fully saturated rings. The first-order chi connectivity index (χ1) is 17.0. The van der Waals surface area contributed by atoms with Crippen molar-refractivity contribution in [1.82, 2.24) is 10.1 Å². The van der Waals surface area contributed by atoms with Crippen LogP contribution in [0.2, 0.25) is 0 Å². The van der Waals surface area contributed by atoms with Crippen LogP contribution >= 0.6 is 0 Å². The summed E-state index contributed by atoms with van der Waals surface area (Å²) in [5, 5.41) is 22.3. The molecule has 10 atom stereocenters. The summed E-state index contributed by atoms with van der Waals surface area (Å²) < 4.78 is 49.2. The molecule has 0 aromatic carbocycles. The highest BCUT2D eigenvalue weighted by molar-refractivity contribution is 5.08. The summed E-state index contributed by atoms with van der Waals surface area (Å²) in [6.45, 7) is 6.89. The minimum atomic E-state index is -4.26. The SMILES string of the molecule is CCOC[C@@]1(O)CC[C@H]2[C@H](CC[C@@H]3[C@@H]2CC[C@]2(C)[C@@H]([C@H](CN4N=NC(C)N4C)C(F)(F)F)CC[C@@H]32)C1. The maximum Gasteiger partial charge on any atom is 0.393 e. The fourth-order valence-corrected chi connectivity index (χ4v) is 9.35. The van der Waals surface area contributed by atoms with Crippen LogP contribution in [0.25, 0.3) is 0 Å². The topological polar surface area (TPSA) is 60.7 Å². The molecule has 5 rings (SSSR count). The number of alkyl halides is 3. The molecule has 0 amide bonds. The highest BCUT2D eigenvalue weighted by atomic mass is 19.4. The summed E-state index contributed by atoms with van der Waals surface area (Å²) in [5.74, 6) is 0.852. The van der Waals surface area contributed by atoms with Crippen molar-refractivity contribution in [3.8, 4) is 0 Å². The standard InChI is InChI=1S/C27H45F3N4O2/c1-5-36-16-26(35)13-11-19-18(14-26)6-7-21-20(19)10-12-25(3)22(21)8-9-23(25)24(27(28,29)30)15-34-32-31-17(2)33(34)4/h17-24,35H,5-16H2,1-4H3/t17?,18-,19+,20-,21-,22+,23-,24+,25+,26-/m1/s1. The zero-order valence-corrected chi connectivity index (χ0v) is 22.4. The Morgan fingerprint density at radius 1 is 1.06 bits per heavy atom. The number of rotatable bonds is 6. The first-order valence-corrected chi connectivity index (χ1v) is 14.2. The molecular formula is C27H45F3N4O2. The number of fused-ring (bicyclic) bond motifs is 5. The lowest BCUT2D eigenvalue weighted by Crippen LogP contribution is -2.53. The van der Waals surface area contributed by atoms with Crippen molar-refractivity contribution in [3.05, 3.63) is 0 Å². The van der Waals surface area contributed by atoms with E-state index < -0.39 is 17.7 Å². The molecule has 1 N–H and O–H groups in total. The van der Waals surface area contributed by atoms with Gasteiger partial charge in [0.2, 0.25) is 0 Å². The molecule has 4 saturated carbocycles. The van der Waals surface area contributed by atoms with Crippen LogP contribution < -0.4 is 0 Å². The molecule has 6 nitrogen and oxygen atoms in total. The largest absolute Gasteiger partial charge is 0.393 e. The number of hydrogen-bond acceptors (Lipinski definition) is 6. The van der Waals surface area contributed by atoms with E-state index in [4.69, 9.17) is 4.74 Å². The van der Waals surface area contributed by atoms with E-state index in [0.29, 0.717) is 49.2 Å². The third-order valence-corrected chi connectivity index (χ3v) is 11.2. The van der Waals surface area contributed by atoms with Gasteiger partial charge in [0.05, 0.1) is 24.7 Å². The van der Waals surface area contributed by atoms with Gasteiger partial charge in [0.1, 0.15) is 6.17 Å². The van der Waals surface area contributed by atoms with Gasteiger partial charge in [-0.3, -0.25) is 0 Å². The second-order valence-corrected chi connectivity index (χ2v) is 12.9. The van der Waals surface area contributed by atoms with E-state index in [2.05, 4.69) is 17.3 Å². The number of aliphatic hydroxyl groups is 1. The van der Waals surface area contributed by atoms with E-state index in [1.807, 2.05) is 13.8 Å². The Kier molecular flexibility index (Phi) is 7.16. The molecule has 0 aromatic rings. The van der Waals surface area contributed by atoms with Crippen LogP contribution in [0.15, 0.2) is 10.3 Å². The summed E-state index contributed by atoms with van der Waals surface area (Å²) in [6.07, 6.45) is 3.82. The quantitative estimate of drug-likeness (QED) is 0.467. The van der Waals surface area contributed by atoms with Gasteiger partial charge >= 0.3 is 6.18 Å². The maximum atomic E-state index is 14.5. The first kappa shape index (κ1) is 26.7. The molecule has 9 heteroatoms. The smallest absolute Gasteiger partial charge is 0.387 e. The highest BCUT2D eigenvalue weighted by Gasteiger charge is 2.62. The molecule has 0 saturated heterocycles. The summed E-state index contributed by atoms with van der Waals surface area (Å²) in [7, 11) is 1.76. The van der Waals surface area contributed by atoms with Gasteiger partial charge in [-0.15, -0.1) is 5.11 Å². The average molecular weight is 515 g/mol. The van der Waals surface area contributed by atoms with E-state index in [1.54, 1.807) is 12.1 Å². The molecule has 0 radical (unpaired) electrons. The highest BCUT2D eigenvalue weighted by Crippen LogP contribution is 2.66. The monoisotopic (exact) mass is 514 g/mol. The van der Waals surface area contributed by atoms with Crippen molar-refractivity contribution in [2.45, 2.75) is 96.5 Å². The van der Waals surface area contributed by atoms with Crippen LogP contribution in [0, 0.1) is 46.8 Å². The molecule has 206 valence electrons. The molecule has 1 heterocycles. The van der Waals surface area contributed by atoms with Crippen molar-refractivity contribution in [3.63, 3.8) is 0 Å². The van der Waals surface area contributed by atoms with Gasteiger partial charge in [-0.2, -0.15) is 18.2 Å². The van der Waals surface area contributed by atoms with Crippen molar-refractivity contribution in [1.29, 1.82) is 0 Å². The Morgan fingerprint density at radius 2 is 1.81 bits per heavy atom. The van der Waals surface area contributed by atoms with Gasteiger partial charge in [0.15, 0.2) is 0 Å². The predicted molar refractivity (Wildman–Crippen MR) is 130 cm³/mol.